The van der Waals surface area contributed by atoms with E-state index in [9.17, 15) is 4.79 Å². The van der Waals surface area contributed by atoms with Gasteiger partial charge in [-0.2, -0.15) is 5.10 Å². The van der Waals surface area contributed by atoms with Gasteiger partial charge in [-0.3, -0.25) is 4.98 Å². The van der Waals surface area contributed by atoms with Crippen LogP contribution in [0.2, 0.25) is 0 Å². The molecule has 0 aliphatic carbocycles. The van der Waals surface area contributed by atoms with Crippen LogP contribution in [0.5, 0.6) is 0 Å². The summed E-state index contributed by atoms with van der Waals surface area (Å²) in [5.41, 5.74) is 4.06. The average molecular weight is 255 g/mol. The first-order valence-corrected chi connectivity index (χ1v) is 5.74. The first kappa shape index (κ1) is 12.8. The van der Waals surface area contributed by atoms with Crippen LogP contribution in [-0.2, 0) is 11.3 Å². The van der Waals surface area contributed by atoms with Gasteiger partial charge in [0.15, 0.2) is 0 Å². The van der Waals surface area contributed by atoms with Gasteiger partial charge in [-0.15, -0.1) is 0 Å². The molecule has 0 aliphatic heterocycles. The van der Waals surface area contributed by atoms with E-state index in [4.69, 9.17) is 4.74 Å². The lowest BCUT2D eigenvalue weighted by Gasteiger charge is -2.03. The number of hydrogen-bond acceptors (Lipinski definition) is 4. The largest absolute Gasteiger partial charge is 0.443 e. The summed E-state index contributed by atoms with van der Waals surface area (Å²) in [5, 5.41) is 3.78. The molecule has 0 aliphatic rings. The smallest absolute Gasteiger partial charge is 0.428 e. The molecule has 1 amide bonds. The molecule has 19 heavy (non-hydrogen) atoms. The lowest BCUT2D eigenvalue weighted by Crippen LogP contribution is -2.18. The van der Waals surface area contributed by atoms with Crippen molar-refractivity contribution >= 4 is 12.3 Å². The normalized spacial score (nSPS) is 10.3. The number of hydrazone groups is 1. The molecule has 0 unspecified atom stereocenters. The summed E-state index contributed by atoms with van der Waals surface area (Å²) in [4.78, 5) is 15.2. The van der Waals surface area contributed by atoms with Crippen molar-refractivity contribution in [2.45, 2.75) is 6.61 Å². The zero-order valence-corrected chi connectivity index (χ0v) is 10.2. The number of hydrogen-bond donors (Lipinski definition) is 1. The lowest BCUT2D eigenvalue weighted by atomic mass is 10.2. The van der Waals surface area contributed by atoms with E-state index in [0.29, 0.717) is 0 Å². The number of benzene rings is 1. The highest BCUT2D eigenvalue weighted by molar-refractivity contribution is 5.80. The molecule has 0 spiro atoms. The average Bonchev–Trinajstić information content (AvgIpc) is 2.47. The van der Waals surface area contributed by atoms with Gasteiger partial charge >= 0.3 is 6.09 Å². The number of ether oxygens (including phenoxy) is 1. The van der Waals surface area contributed by atoms with Gasteiger partial charge in [0.1, 0.15) is 6.61 Å². The third-order valence-electron chi connectivity index (χ3n) is 2.29. The summed E-state index contributed by atoms with van der Waals surface area (Å²) < 4.78 is 4.99. The van der Waals surface area contributed by atoms with Gasteiger partial charge < -0.3 is 4.74 Å². The Labute approximate surface area is 110 Å². The fourth-order valence-electron chi connectivity index (χ4n) is 1.36. The van der Waals surface area contributed by atoms with E-state index in [0.717, 1.165) is 11.1 Å². The Morgan fingerprint density at radius 1 is 1.21 bits per heavy atom. The molecule has 2 aromatic rings. The van der Waals surface area contributed by atoms with Crippen molar-refractivity contribution in [3.8, 4) is 0 Å². The quantitative estimate of drug-likeness (QED) is 0.673. The summed E-state index contributed by atoms with van der Waals surface area (Å²) >= 11 is 0. The molecular weight excluding hydrogens is 242 g/mol. The van der Waals surface area contributed by atoms with Crippen LogP contribution >= 0.6 is 0 Å². The van der Waals surface area contributed by atoms with E-state index in [1.54, 1.807) is 24.5 Å². The maximum absolute atomic E-state index is 11.3. The number of pyridine rings is 1. The maximum atomic E-state index is 11.3. The zero-order valence-electron chi connectivity index (χ0n) is 10.2. The van der Waals surface area contributed by atoms with Crippen LogP contribution in [0.1, 0.15) is 11.1 Å². The third-order valence-corrected chi connectivity index (χ3v) is 2.29. The maximum Gasteiger partial charge on any atom is 0.428 e. The van der Waals surface area contributed by atoms with Crippen LogP contribution in [0.4, 0.5) is 4.79 Å². The van der Waals surface area contributed by atoms with Crippen molar-refractivity contribution in [3.05, 3.63) is 66.0 Å². The molecule has 0 radical (unpaired) electrons. The molecule has 0 bridgehead atoms. The Morgan fingerprint density at radius 2 is 1.95 bits per heavy atom. The summed E-state index contributed by atoms with van der Waals surface area (Å²) in [5.74, 6) is 0. The van der Waals surface area contributed by atoms with Crippen molar-refractivity contribution in [1.29, 1.82) is 0 Å². The van der Waals surface area contributed by atoms with Crippen LogP contribution in [0.3, 0.4) is 0 Å². The number of amides is 1. The highest BCUT2D eigenvalue weighted by atomic mass is 16.5. The van der Waals surface area contributed by atoms with Crippen molar-refractivity contribution in [1.82, 2.24) is 10.4 Å². The minimum Gasteiger partial charge on any atom is -0.443 e. The second-order valence-electron chi connectivity index (χ2n) is 3.71. The summed E-state index contributed by atoms with van der Waals surface area (Å²) in [7, 11) is 0. The third kappa shape index (κ3) is 4.59. The van der Waals surface area contributed by atoms with E-state index in [-0.39, 0.29) is 6.61 Å². The number of aromatic nitrogens is 1. The number of carbonyl (C=O) groups is 1. The minimum absolute atomic E-state index is 0.220. The first-order valence-electron chi connectivity index (χ1n) is 5.74. The Balaban J connectivity index is 1.75. The number of nitrogens with one attached hydrogen (secondary N) is 1. The standard InChI is InChI=1S/C14H13N3O2/c18-14(19-11-13-4-2-1-3-5-13)17-16-10-12-6-8-15-9-7-12/h1-10H,11H2,(H,17,18). The molecule has 96 valence electrons. The molecule has 0 fully saturated rings. The van der Waals surface area contributed by atoms with E-state index in [2.05, 4.69) is 15.5 Å². The van der Waals surface area contributed by atoms with Crippen LogP contribution < -0.4 is 5.43 Å². The minimum atomic E-state index is -0.589. The summed E-state index contributed by atoms with van der Waals surface area (Å²) in [6.45, 7) is 0.220. The Bertz CT molecular complexity index is 541. The van der Waals surface area contributed by atoms with Gasteiger partial charge in [0, 0.05) is 12.4 Å². The molecule has 5 nitrogen and oxygen atoms in total. The Kier molecular flexibility index (Phi) is 4.64. The second-order valence-corrected chi connectivity index (χ2v) is 3.71. The van der Waals surface area contributed by atoms with E-state index in [1.807, 2.05) is 30.3 Å². The molecule has 1 aromatic heterocycles. The highest BCUT2D eigenvalue weighted by Gasteiger charge is 1.99. The number of carbonyl (C=O) groups excluding carboxylic acids is 1. The summed E-state index contributed by atoms with van der Waals surface area (Å²) in [6, 6.07) is 13.0. The molecule has 0 atom stereocenters. The van der Waals surface area contributed by atoms with Crippen LogP contribution in [0, 0.1) is 0 Å². The van der Waals surface area contributed by atoms with E-state index in [1.165, 1.54) is 6.21 Å². The predicted octanol–water partition coefficient (Wildman–Crippen LogP) is 2.34. The first-order chi connectivity index (χ1) is 9.34. The van der Waals surface area contributed by atoms with Gasteiger partial charge in [-0.1, -0.05) is 30.3 Å². The highest BCUT2D eigenvalue weighted by Crippen LogP contribution is 2.00. The molecule has 0 saturated carbocycles. The predicted molar refractivity (Wildman–Crippen MR) is 71.6 cm³/mol. The number of nitrogens with zero attached hydrogens (tertiary/aromatic N) is 2. The van der Waals surface area contributed by atoms with Gasteiger partial charge in [0.25, 0.3) is 0 Å². The van der Waals surface area contributed by atoms with Crippen LogP contribution in [0.25, 0.3) is 0 Å². The molecule has 0 saturated heterocycles. The molecule has 1 aromatic carbocycles. The Hall–Kier alpha value is -2.69. The fourth-order valence-corrected chi connectivity index (χ4v) is 1.36. The molecule has 1 N–H and O–H groups in total. The SMILES string of the molecule is O=C(NN=Cc1ccncc1)OCc1ccccc1. The monoisotopic (exact) mass is 255 g/mol. The topological polar surface area (TPSA) is 63.6 Å². The second kappa shape index (κ2) is 6.90. The Morgan fingerprint density at radius 3 is 2.68 bits per heavy atom. The van der Waals surface area contributed by atoms with Crippen molar-refractivity contribution in [2.75, 3.05) is 0 Å². The van der Waals surface area contributed by atoms with Crippen LogP contribution in [0.15, 0.2) is 60.0 Å². The van der Waals surface area contributed by atoms with Crippen LogP contribution in [-0.4, -0.2) is 17.3 Å². The van der Waals surface area contributed by atoms with E-state index < -0.39 is 6.09 Å². The van der Waals surface area contributed by atoms with Crippen molar-refractivity contribution in [3.63, 3.8) is 0 Å². The number of rotatable bonds is 4. The van der Waals surface area contributed by atoms with Gasteiger partial charge in [-0.25, -0.2) is 10.2 Å². The summed E-state index contributed by atoms with van der Waals surface area (Å²) in [6.07, 6.45) is 4.23. The lowest BCUT2D eigenvalue weighted by molar-refractivity contribution is 0.140. The van der Waals surface area contributed by atoms with Crippen molar-refractivity contribution in [2.24, 2.45) is 5.10 Å². The molecule has 1 heterocycles. The van der Waals surface area contributed by atoms with E-state index >= 15 is 0 Å². The van der Waals surface area contributed by atoms with Crippen molar-refractivity contribution < 1.29 is 9.53 Å². The zero-order chi connectivity index (χ0) is 13.3. The fraction of sp³-hybridized carbons (Fsp3) is 0.0714. The van der Waals surface area contributed by atoms with Gasteiger partial charge in [-0.05, 0) is 23.3 Å². The van der Waals surface area contributed by atoms with Gasteiger partial charge in [0.2, 0.25) is 0 Å². The molecule has 2 rings (SSSR count). The molecule has 5 heteroatoms. The molecular formula is C14H13N3O2. The van der Waals surface area contributed by atoms with Gasteiger partial charge in [0.05, 0.1) is 6.21 Å².